The Kier molecular flexibility index (Phi) is 3.44. The highest BCUT2D eigenvalue weighted by Gasteiger charge is 2.43. The minimum atomic E-state index is -3.62. The summed E-state index contributed by atoms with van der Waals surface area (Å²) < 4.78 is 48.1. The SMILES string of the molecule is Fc1ccc(CNc2ccc3c(c2)OC(F)(F)O3)c(Br)c1. The van der Waals surface area contributed by atoms with Gasteiger partial charge in [-0.2, -0.15) is 0 Å². The van der Waals surface area contributed by atoms with Crippen LogP contribution in [0.25, 0.3) is 0 Å². The van der Waals surface area contributed by atoms with Crippen LogP contribution in [0.15, 0.2) is 40.9 Å². The molecule has 0 saturated carbocycles. The summed E-state index contributed by atoms with van der Waals surface area (Å²) in [4.78, 5) is 0. The van der Waals surface area contributed by atoms with Crippen LogP contribution in [0.2, 0.25) is 0 Å². The van der Waals surface area contributed by atoms with E-state index in [1.807, 2.05) is 0 Å². The van der Waals surface area contributed by atoms with Gasteiger partial charge in [0.05, 0.1) is 0 Å². The van der Waals surface area contributed by atoms with E-state index in [2.05, 4.69) is 30.7 Å². The summed E-state index contributed by atoms with van der Waals surface area (Å²) in [5, 5.41) is 3.05. The van der Waals surface area contributed by atoms with Gasteiger partial charge in [-0.3, -0.25) is 0 Å². The largest absolute Gasteiger partial charge is 0.586 e. The lowest BCUT2D eigenvalue weighted by atomic mass is 10.2. The fourth-order valence-corrected chi connectivity index (χ4v) is 2.41. The molecule has 1 aliphatic rings. The normalized spacial score (nSPS) is 15.0. The van der Waals surface area contributed by atoms with E-state index in [0.29, 0.717) is 16.7 Å². The van der Waals surface area contributed by atoms with Crippen molar-refractivity contribution >= 4 is 21.6 Å². The molecule has 3 rings (SSSR count). The Bertz CT molecular complexity index is 694. The number of ether oxygens (including phenoxy) is 2. The molecule has 7 heteroatoms. The minimum Gasteiger partial charge on any atom is -0.395 e. The third-order valence-corrected chi connectivity index (χ3v) is 3.64. The lowest BCUT2D eigenvalue weighted by molar-refractivity contribution is -0.286. The molecule has 0 saturated heterocycles. The zero-order chi connectivity index (χ0) is 15.0. The first-order chi connectivity index (χ1) is 9.93. The second kappa shape index (κ2) is 5.14. The maximum Gasteiger partial charge on any atom is 0.586 e. The van der Waals surface area contributed by atoms with Gasteiger partial charge in [-0.1, -0.05) is 22.0 Å². The highest BCUT2D eigenvalue weighted by atomic mass is 79.9. The van der Waals surface area contributed by atoms with Crippen LogP contribution in [-0.4, -0.2) is 6.29 Å². The first-order valence-electron chi connectivity index (χ1n) is 6.01. The Morgan fingerprint density at radius 3 is 2.57 bits per heavy atom. The van der Waals surface area contributed by atoms with E-state index < -0.39 is 6.29 Å². The lowest BCUT2D eigenvalue weighted by Gasteiger charge is -2.09. The van der Waals surface area contributed by atoms with Crippen molar-refractivity contribution in [2.75, 3.05) is 5.32 Å². The van der Waals surface area contributed by atoms with Crippen molar-refractivity contribution in [1.29, 1.82) is 0 Å². The van der Waals surface area contributed by atoms with E-state index in [1.54, 1.807) is 12.1 Å². The van der Waals surface area contributed by atoms with Crippen LogP contribution in [0.4, 0.5) is 18.9 Å². The zero-order valence-electron chi connectivity index (χ0n) is 10.5. The first kappa shape index (κ1) is 14.1. The molecule has 0 atom stereocenters. The predicted molar refractivity (Wildman–Crippen MR) is 74.1 cm³/mol. The van der Waals surface area contributed by atoms with Crippen LogP contribution in [0.5, 0.6) is 11.5 Å². The molecule has 0 fully saturated rings. The molecule has 1 aliphatic heterocycles. The molecule has 0 bridgehead atoms. The summed E-state index contributed by atoms with van der Waals surface area (Å²) in [7, 11) is 0. The summed E-state index contributed by atoms with van der Waals surface area (Å²) in [5.74, 6) is -0.368. The molecule has 0 amide bonds. The van der Waals surface area contributed by atoms with Crippen molar-refractivity contribution in [2.24, 2.45) is 0 Å². The predicted octanol–water partition coefficient (Wildman–Crippen LogP) is 4.52. The van der Waals surface area contributed by atoms with Crippen LogP contribution in [0.3, 0.4) is 0 Å². The van der Waals surface area contributed by atoms with Crippen molar-refractivity contribution in [3.8, 4) is 11.5 Å². The highest BCUT2D eigenvalue weighted by Crippen LogP contribution is 2.42. The van der Waals surface area contributed by atoms with Gasteiger partial charge in [-0.15, -0.1) is 8.78 Å². The molecular weight excluding hydrogens is 351 g/mol. The van der Waals surface area contributed by atoms with Gasteiger partial charge in [0.15, 0.2) is 11.5 Å². The van der Waals surface area contributed by atoms with E-state index in [4.69, 9.17) is 0 Å². The number of fused-ring (bicyclic) bond motifs is 1. The third kappa shape index (κ3) is 3.07. The number of nitrogens with one attached hydrogen (secondary N) is 1. The van der Waals surface area contributed by atoms with Gasteiger partial charge in [0, 0.05) is 22.8 Å². The summed E-state index contributed by atoms with van der Waals surface area (Å²) in [6.07, 6.45) is -3.62. The van der Waals surface area contributed by atoms with Crippen LogP contribution in [-0.2, 0) is 6.54 Å². The second-order valence-electron chi connectivity index (χ2n) is 4.42. The van der Waals surface area contributed by atoms with Crippen molar-refractivity contribution in [3.05, 3.63) is 52.3 Å². The Morgan fingerprint density at radius 2 is 1.81 bits per heavy atom. The average Bonchev–Trinajstić information content (AvgIpc) is 2.70. The van der Waals surface area contributed by atoms with Crippen molar-refractivity contribution in [3.63, 3.8) is 0 Å². The summed E-state index contributed by atoms with van der Waals surface area (Å²) in [5.41, 5.74) is 1.42. The maximum atomic E-state index is 13.0. The molecule has 0 unspecified atom stereocenters. The third-order valence-electron chi connectivity index (χ3n) is 2.90. The molecule has 3 nitrogen and oxygen atoms in total. The van der Waals surface area contributed by atoms with E-state index in [9.17, 15) is 13.2 Å². The van der Waals surface area contributed by atoms with Gasteiger partial charge in [-0.05, 0) is 29.8 Å². The number of anilines is 1. The zero-order valence-corrected chi connectivity index (χ0v) is 12.1. The number of alkyl halides is 2. The number of hydrogen-bond acceptors (Lipinski definition) is 3. The Hall–Kier alpha value is -1.89. The molecule has 1 N–H and O–H groups in total. The van der Waals surface area contributed by atoms with Gasteiger partial charge in [0.2, 0.25) is 0 Å². The highest BCUT2D eigenvalue weighted by molar-refractivity contribution is 9.10. The van der Waals surface area contributed by atoms with E-state index >= 15 is 0 Å². The van der Waals surface area contributed by atoms with Gasteiger partial charge in [0.1, 0.15) is 5.82 Å². The van der Waals surface area contributed by atoms with Crippen molar-refractivity contribution in [1.82, 2.24) is 0 Å². The van der Waals surface area contributed by atoms with Crippen LogP contribution in [0, 0.1) is 5.82 Å². The van der Waals surface area contributed by atoms with Crippen LogP contribution >= 0.6 is 15.9 Å². The van der Waals surface area contributed by atoms with Gasteiger partial charge in [-0.25, -0.2) is 4.39 Å². The Balaban J connectivity index is 1.72. The van der Waals surface area contributed by atoms with Crippen molar-refractivity contribution in [2.45, 2.75) is 12.8 Å². The van der Waals surface area contributed by atoms with E-state index in [1.165, 1.54) is 24.3 Å². The minimum absolute atomic E-state index is 0.00601. The quantitative estimate of drug-likeness (QED) is 0.873. The van der Waals surface area contributed by atoms with Crippen LogP contribution in [0.1, 0.15) is 5.56 Å². The fourth-order valence-electron chi connectivity index (χ4n) is 1.92. The summed E-state index contributed by atoms with van der Waals surface area (Å²) in [6, 6.07) is 8.76. The number of hydrogen-bond donors (Lipinski definition) is 1. The van der Waals surface area contributed by atoms with E-state index in [-0.39, 0.29) is 17.3 Å². The molecule has 110 valence electrons. The van der Waals surface area contributed by atoms with Crippen molar-refractivity contribution < 1.29 is 22.6 Å². The molecule has 0 aliphatic carbocycles. The average molecular weight is 360 g/mol. The number of halogens is 4. The monoisotopic (exact) mass is 359 g/mol. The number of rotatable bonds is 3. The molecule has 0 spiro atoms. The molecule has 2 aromatic rings. The van der Waals surface area contributed by atoms with Gasteiger partial charge in [0.25, 0.3) is 0 Å². The molecular formula is C14H9BrF3NO2. The Morgan fingerprint density at radius 1 is 1.05 bits per heavy atom. The van der Waals surface area contributed by atoms with Crippen LogP contribution < -0.4 is 14.8 Å². The molecule has 1 heterocycles. The second-order valence-corrected chi connectivity index (χ2v) is 5.27. The summed E-state index contributed by atoms with van der Waals surface area (Å²) in [6.45, 7) is 0.400. The smallest absolute Gasteiger partial charge is 0.395 e. The molecule has 0 radical (unpaired) electrons. The maximum absolute atomic E-state index is 13.0. The van der Waals surface area contributed by atoms with Gasteiger partial charge >= 0.3 is 6.29 Å². The fraction of sp³-hybridized carbons (Fsp3) is 0.143. The molecule has 21 heavy (non-hydrogen) atoms. The van der Waals surface area contributed by atoms with Gasteiger partial charge < -0.3 is 14.8 Å². The first-order valence-corrected chi connectivity index (χ1v) is 6.80. The Labute approximate surface area is 126 Å². The number of benzene rings is 2. The van der Waals surface area contributed by atoms with E-state index in [0.717, 1.165) is 5.56 Å². The standard InChI is InChI=1S/C14H9BrF3NO2/c15-11-5-9(16)2-1-8(11)7-19-10-3-4-12-13(6-10)21-14(17,18)20-12/h1-6,19H,7H2. The summed E-state index contributed by atoms with van der Waals surface area (Å²) >= 11 is 3.26. The topological polar surface area (TPSA) is 30.5 Å². The molecule has 2 aromatic carbocycles. The lowest BCUT2D eigenvalue weighted by Crippen LogP contribution is -2.25. The molecule has 0 aromatic heterocycles.